The van der Waals surface area contributed by atoms with Crippen LogP contribution in [0.1, 0.15) is 19.4 Å². The van der Waals surface area contributed by atoms with Crippen molar-refractivity contribution in [3.05, 3.63) is 29.8 Å². The first kappa shape index (κ1) is 12.9. The van der Waals surface area contributed by atoms with E-state index in [1.165, 1.54) is 0 Å². The highest BCUT2D eigenvalue weighted by molar-refractivity contribution is 5.95. The Hall–Kier alpha value is -1.55. The maximum Gasteiger partial charge on any atom is 0.216 e. The van der Waals surface area contributed by atoms with Crippen LogP contribution < -0.4 is 5.73 Å². The standard InChI is InChI=1S/C14H21N3O/c1-3-17(4-2)9-13-10-18-14(16-13)11-5-7-12(15)8-6-11/h5-8,13H,3-4,9-10,15H2,1-2H3/t13-/m0/s1. The molecule has 1 aromatic rings. The number of aliphatic imine (C=N–C) groups is 1. The highest BCUT2D eigenvalue weighted by Gasteiger charge is 2.21. The molecule has 0 aliphatic carbocycles. The molecule has 1 aromatic carbocycles. The average Bonchev–Trinajstić information content (AvgIpc) is 2.85. The molecule has 0 unspecified atom stereocenters. The zero-order chi connectivity index (χ0) is 13.0. The van der Waals surface area contributed by atoms with Crippen molar-refractivity contribution in [1.82, 2.24) is 4.90 Å². The van der Waals surface area contributed by atoms with Crippen LogP contribution in [0.4, 0.5) is 5.69 Å². The number of hydrogen-bond acceptors (Lipinski definition) is 4. The van der Waals surface area contributed by atoms with Crippen LogP contribution in [0, 0.1) is 0 Å². The maximum absolute atomic E-state index is 5.67. The van der Waals surface area contributed by atoms with Gasteiger partial charge in [0, 0.05) is 17.8 Å². The van der Waals surface area contributed by atoms with Crippen molar-refractivity contribution in [2.75, 3.05) is 32.0 Å². The van der Waals surface area contributed by atoms with Crippen molar-refractivity contribution >= 4 is 11.6 Å². The van der Waals surface area contributed by atoms with E-state index < -0.39 is 0 Å². The molecule has 0 spiro atoms. The van der Waals surface area contributed by atoms with Crippen molar-refractivity contribution in [3.63, 3.8) is 0 Å². The van der Waals surface area contributed by atoms with Gasteiger partial charge in [0.25, 0.3) is 0 Å². The van der Waals surface area contributed by atoms with Crippen LogP contribution in [0.3, 0.4) is 0 Å². The summed E-state index contributed by atoms with van der Waals surface area (Å²) < 4.78 is 5.66. The fraction of sp³-hybridized carbons (Fsp3) is 0.500. The Morgan fingerprint density at radius 1 is 1.28 bits per heavy atom. The van der Waals surface area contributed by atoms with E-state index in [0.29, 0.717) is 6.61 Å². The molecule has 0 saturated heterocycles. The number of likely N-dealkylation sites (N-methyl/N-ethyl adjacent to an activating group) is 1. The van der Waals surface area contributed by atoms with Gasteiger partial charge in [0.1, 0.15) is 12.6 Å². The third-order valence-corrected chi connectivity index (χ3v) is 3.23. The lowest BCUT2D eigenvalue weighted by molar-refractivity contribution is 0.245. The molecule has 2 rings (SSSR count). The third-order valence-electron chi connectivity index (χ3n) is 3.23. The van der Waals surface area contributed by atoms with Crippen molar-refractivity contribution in [1.29, 1.82) is 0 Å². The molecule has 98 valence electrons. The second-order valence-corrected chi connectivity index (χ2v) is 4.51. The number of ether oxygens (including phenoxy) is 1. The summed E-state index contributed by atoms with van der Waals surface area (Å²) in [6, 6.07) is 7.90. The first-order valence-corrected chi connectivity index (χ1v) is 6.51. The number of benzene rings is 1. The molecule has 1 atom stereocenters. The molecule has 0 amide bonds. The first-order chi connectivity index (χ1) is 8.72. The molecule has 0 radical (unpaired) electrons. The molecule has 1 heterocycles. The van der Waals surface area contributed by atoms with Crippen LogP contribution >= 0.6 is 0 Å². The Kier molecular flexibility index (Phi) is 4.20. The van der Waals surface area contributed by atoms with E-state index in [1.807, 2.05) is 24.3 Å². The number of rotatable bonds is 5. The van der Waals surface area contributed by atoms with Crippen molar-refractivity contribution in [2.45, 2.75) is 19.9 Å². The molecule has 2 N–H and O–H groups in total. The van der Waals surface area contributed by atoms with Crippen molar-refractivity contribution in [3.8, 4) is 0 Å². The normalized spacial score (nSPS) is 18.8. The second kappa shape index (κ2) is 5.87. The summed E-state index contributed by atoms with van der Waals surface area (Å²) in [5.41, 5.74) is 7.43. The lowest BCUT2D eigenvalue weighted by atomic mass is 10.2. The zero-order valence-corrected chi connectivity index (χ0v) is 11.1. The van der Waals surface area contributed by atoms with E-state index in [0.717, 1.165) is 36.8 Å². The minimum Gasteiger partial charge on any atom is -0.475 e. The summed E-state index contributed by atoms with van der Waals surface area (Å²) >= 11 is 0. The lowest BCUT2D eigenvalue weighted by Gasteiger charge is -2.19. The molecular formula is C14H21N3O. The summed E-state index contributed by atoms with van der Waals surface area (Å²) in [4.78, 5) is 7.00. The third kappa shape index (κ3) is 3.01. The van der Waals surface area contributed by atoms with Gasteiger partial charge in [0.2, 0.25) is 5.90 Å². The second-order valence-electron chi connectivity index (χ2n) is 4.51. The van der Waals surface area contributed by atoms with E-state index in [1.54, 1.807) is 0 Å². The molecule has 0 fully saturated rings. The van der Waals surface area contributed by atoms with Crippen molar-refractivity contribution < 1.29 is 4.74 Å². The molecular weight excluding hydrogens is 226 g/mol. The van der Waals surface area contributed by atoms with E-state index >= 15 is 0 Å². The SMILES string of the molecule is CCN(CC)C[C@H]1COC(c2ccc(N)cc2)=N1. The molecule has 1 aliphatic rings. The molecule has 18 heavy (non-hydrogen) atoms. The fourth-order valence-electron chi connectivity index (χ4n) is 2.07. The Morgan fingerprint density at radius 3 is 2.56 bits per heavy atom. The van der Waals surface area contributed by atoms with Crippen LogP contribution in [-0.4, -0.2) is 43.1 Å². The van der Waals surface area contributed by atoms with Gasteiger partial charge < -0.3 is 15.4 Å². The molecule has 4 nitrogen and oxygen atoms in total. The first-order valence-electron chi connectivity index (χ1n) is 6.51. The van der Waals surface area contributed by atoms with Crippen LogP contribution in [0.25, 0.3) is 0 Å². The van der Waals surface area contributed by atoms with Gasteiger partial charge in [0.15, 0.2) is 0 Å². The molecule has 1 aliphatic heterocycles. The average molecular weight is 247 g/mol. The van der Waals surface area contributed by atoms with Gasteiger partial charge in [0.05, 0.1) is 0 Å². The van der Waals surface area contributed by atoms with E-state index in [4.69, 9.17) is 10.5 Å². The number of nitrogens with two attached hydrogens (primary N) is 1. The number of anilines is 1. The van der Waals surface area contributed by atoms with Crippen LogP contribution in [0.15, 0.2) is 29.3 Å². The van der Waals surface area contributed by atoms with E-state index in [2.05, 4.69) is 23.7 Å². The highest BCUT2D eigenvalue weighted by atomic mass is 16.5. The monoisotopic (exact) mass is 247 g/mol. The van der Waals surface area contributed by atoms with E-state index in [9.17, 15) is 0 Å². The number of nitrogens with zero attached hydrogens (tertiary/aromatic N) is 2. The van der Waals surface area contributed by atoms with Gasteiger partial charge in [-0.25, -0.2) is 4.99 Å². The Balaban J connectivity index is 2.01. The Labute approximate surface area is 108 Å². The Bertz CT molecular complexity index is 410. The number of hydrogen-bond donors (Lipinski definition) is 1. The summed E-state index contributed by atoms with van der Waals surface area (Å²) in [6.07, 6.45) is 0. The van der Waals surface area contributed by atoms with Gasteiger partial charge in [-0.05, 0) is 37.4 Å². The van der Waals surface area contributed by atoms with Crippen LogP contribution in [0.5, 0.6) is 0 Å². The minimum absolute atomic E-state index is 0.248. The molecule has 0 saturated carbocycles. The van der Waals surface area contributed by atoms with Gasteiger partial charge in [-0.15, -0.1) is 0 Å². The summed E-state index contributed by atoms with van der Waals surface area (Å²) in [5, 5.41) is 0. The van der Waals surface area contributed by atoms with Crippen molar-refractivity contribution in [2.24, 2.45) is 4.99 Å². The maximum atomic E-state index is 5.67. The number of nitrogen functional groups attached to an aromatic ring is 1. The topological polar surface area (TPSA) is 50.9 Å². The minimum atomic E-state index is 0.248. The van der Waals surface area contributed by atoms with Gasteiger partial charge in [-0.1, -0.05) is 13.8 Å². The van der Waals surface area contributed by atoms with Crippen LogP contribution in [0.2, 0.25) is 0 Å². The molecule has 0 aromatic heterocycles. The lowest BCUT2D eigenvalue weighted by Crippen LogP contribution is -2.31. The summed E-state index contributed by atoms with van der Waals surface area (Å²) in [6.45, 7) is 8.09. The largest absolute Gasteiger partial charge is 0.475 e. The summed E-state index contributed by atoms with van der Waals surface area (Å²) in [5.74, 6) is 0.743. The van der Waals surface area contributed by atoms with Gasteiger partial charge >= 0.3 is 0 Å². The van der Waals surface area contributed by atoms with Crippen LogP contribution in [-0.2, 0) is 4.74 Å². The quantitative estimate of drug-likeness (QED) is 0.807. The Morgan fingerprint density at radius 2 is 1.94 bits per heavy atom. The smallest absolute Gasteiger partial charge is 0.216 e. The van der Waals surface area contributed by atoms with Gasteiger partial charge in [-0.3, -0.25) is 0 Å². The highest BCUT2D eigenvalue weighted by Crippen LogP contribution is 2.14. The predicted octanol–water partition coefficient (Wildman–Crippen LogP) is 1.76. The summed E-state index contributed by atoms with van der Waals surface area (Å²) in [7, 11) is 0. The molecule has 0 bridgehead atoms. The van der Waals surface area contributed by atoms with Gasteiger partial charge in [-0.2, -0.15) is 0 Å². The molecule has 4 heteroatoms. The fourth-order valence-corrected chi connectivity index (χ4v) is 2.07. The zero-order valence-electron chi connectivity index (χ0n) is 11.1. The predicted molar refractivity (Wildman–Crippen MR) is 74.9 cm³/mol. The van der Waals surface area contributed by atoms with E-state index in [-0.39, 0.29) is 6.04 Å².